The zero-order chi connectivity index (χ0) is 12.5. The lowest BCUT2D eigenvalue weighted by molar-refractivity contribution is 0.150. The van der Waals surface area contributed by atoms with Crippen LogP contribution in [0, 0.1) is 18.3 Å². The molecule has 0 amide bonds. The van der Waals surface area contributed by atoms with Gasteiger partial charge in [-0.2, -0.15) is 5.26 Å². The summed E-state index contributed by atoms with van der Waals surface area (Å²) in [6.45, 7) is 1.33. The van der Waals surface area contributed by atoms with Crippen molar-refractivity contribution in [3.05, 3.63) is 28.8 Å². The highest BCUT2D eigenvalue weighted by atomic mass is 35.7. The molecule has 1 aromatic rings. The van der Waals surface area contributed by atoms with E-state index in [0.29, 0.717) is 0 Å². The van der Waals surface area contributed by atoms with Gasteiger partial charge in [0.05, 0.1) is 5.56 Å². The first-order valence-corrected chi connectivity index (χ1v) is 6.35. The summed E-state index contributed by atoms with van der Waals surface area (Å²) in [5.74, 6) is 0. The Hall–Kier alpha value is -1.19. The maximum atomic E-state index is 12.5. The quantitative estimate of drug-likeness (QED) is 0.773. The molecule has 0 aliphatic carbocycles. The summed E-state index contributed by atoms with van der Waals surface area (Å²) < 4.78 is 47.1. The van der Waals surface area contributed by atoms with E-state index in [1.165, 1.54) is 13.0 Å². The Balaban J connectivity index is 3.59. The monoisotopic (exact) mass is 265 g/mol. The minimum atomic E-state index is -4.11. The zero-order valence-electron chi connectivity index (χ0n) is 8.04. The smallest absolute Gasteiger partial charge is 0.207 e. The molecule has 0 saturated heterocycles. The molecule has 0 N–H and O–H groups in total. The van der Waals surface area contributed by atoms with Crippen LogP contribution in [-0.4, -0.2) is 8.42 Å². The van der Waals surface area contributed by atoms with E-state index in [-0.39, 0.29) is 16.7 Å². The summed E-state index contributed by atoms with van der Waals surface area (Å²) >= 11 is 0. The van der Waals surface area contributed by atoms with Crippen LogP contribution in [-0.2, 0) is 9.05 Å². The van der Waals surface area contributed by atoms with Crippen LogP contribution in [0.2, 0.25) is 0 Å². The summed E-state index contributed by atoms with van der Waals surface area (Å²) in [5, 5.41) is 8.66. The molecule has 1 aromatic carbocycles. The van der Waals surface area contributed by atoms with E-state index >= 15 is 0 Å². The number of nitrogens with zero attached hydrogens (tertiary/aromatic N) is 1. The Morgan fingerprint density at radius 1 is 1.44 bits per heavy atom. The number of hydrogen-bond donors (Lipinski definition) is 0. The minimum Gasteiger partial charge on any atom is -0.207 e. The number of aryl methyl sites for hydroxylation is 1. The fourth-order valence-electron chi connectivity index (χ4n) is 1.22. The highest BCUT2D eigenvalue weighted by Gasteiger charge is 2.20. The number of nitriles is 1. The lowest BCUT2D eigenvalue weighted by Gasteiger charge is -2.07. The van der Waals surface area contributed by atoms with Crippen molar-refractivity contribution in [2.75, 3.05) is 0 Å². The molecule has 0 radical (unpaired) electrons. The molecule has 1 rings (SSSR count). The Morgan fingerprint density at radius 3 is 2.38 bits per heavy atom. The normalized spacial score (nSPS) is 11.5. The largest absolute Gasteiger partial charge is 0.264 e. The highest BCUT2D eigenvalue weighted by molar-refractivity contribution is 8.13. The van der Waals surface area contributed by atoms with Crippen LogP contribution in [0.5, 0.6) is 0 Å². The van der Waals surface area contributed by atoms with Crippen molar-refractivity contribution in [3.8, 4) is 6.07 Å². The van der Waals surface area contributed by atoms with E-state index in [0.717, 1.165) is 12.1 Å². The van der Waals surface area contributed by atoms with E-state index in [1.54, 1.807) is 0 Å². The topological polar surface area (TPSA) is 57.9 Å². The third kappa shape index (κ3) is 2.49. The van der Waals surface area contributed by atoms with Crippen molar-refractivity contribution in [2.24, 2.45) is 0 Å². The first-order chi connectivity index (χ1) is 7.27. The molecule has 0 fully saturated rings. The first kappa shape index (κ1) is 12.9. The van der Waals surface area contributed by atoms with Gasteiger partial charge in [0.15, 0.2) is 0 Å². The molecule has 0 unspecified atom stereocenters. The van der Waals surface area contributed by atoms with Crippen LogP contribution in [0.3, 0.4) is 0 Å². The van der Waals surface area contributed by atoms with Crippen LogP contribution >= 0.6 is 10.7 Å². The van der Waals surface area contributed by atoms with Gasteiger partial charge in [0, 0.05) is 16.2 Å². The van der Waals surface area contributed by atoms with Crippen molar-refractivity contribution in [2.45, 2.75) is 18.2 Å². The second-order valence-electron chi connectivity index (χ2n) is 3.06. The Kier molecular flexibility index (Phi) is 3.51. The van der Waals surface area contributed by atoms with Crippen LogP contribution in [0.15, 0.2) is 17.0 Å². The van der Waals surface area contributed by atoms with E-state index in [4.69, 9.17) is 15.9 Å². The van der Waals surface area contributed by atoms with Gasteiger partial charge in [-0.1, -0.05) is 0 Å². The van der Waals surface area contributed by atoms with Crippen molar-refractivity contribution < 1.29 is 17.2 Å². The molecule has 0 heterocycles. The van der Waals surface area contributed by atoms with E-state index in [9.17, 15) is 17.2 Å². The predicted octanol–water partition coefficient (Wildman–Crippen LogP) is 2.73. The van der Waals surface area contributed by atoms with Crippen LogP contribution < -0.4 is 0 Å². The van der Waals surface area contributed by atoms with Gasteiger partial charge in [-0.05, 0) is 24.6 Å². The summed E-state index contributed by atoms with van der Waals surface area (Å²) in [7, 11) is 0.974. The second-order valence-corrected chi connectivity index (χ2v) is 5.59. The average molecular weight is 266 g/mol. The number of benzene rings is 1. The summed E-state index contributed by atoms with van der Waals surface area (Å²) in [6.07, 6.45) is -2.76. The molecule has 0 aliphatic rings. The molecule has 0 bridgehead atoms. The van der Waals surface area contributed by atoms with Gasteiger partial charge in [-0.25, -0.2) is 17.2 Å². The average Bonchev–Trinajstić information content (AvgIpc) is 2.15. The number of alkyl halides is 2. The molecule has 86 valence electrons. The van der Waals surface area contributed by atoms with Crippen molar-refractivity contribution in [3.63, 3.8) is 0 Å². The van der Waals surface area contributed by atoms with Crippen LogP contribution in [0.1, 0.15) is 23.1 Å². The lowest BCUT2D eigenvalue weighted by Crippen LogP contribution is -2.00. The molecule has 16 heavy (non-hydrogen) atoms. The van der Waals surface area contributed by atoms with Gasteiger partial charge in [0.25, 0.3) is 15.5 Å². The predicted molar refractivity (Wildman–Crippen MR) is 53.9 cm³/mol. The first-order valence-electron chi connectivity index (χ1n) is 4.05. The molecule has 0 saturated carbocycles. The standard InChI is InChI=1S/C9H6ClF2NO2S/c1-5-2-8(16(10,14)15)6(4-13)3-7(5)9(11)12/h2-3,9H,1H3. The van der Waals surface area contributed by atoms with Gasteiger partial charge in [0.2, 0.25) is 0 Å². The molecule has 0 atom stereocenters. The van der Waals surface area contributed by atoms with Crippen LogP contribution in [0.4, 0.5) is 8.78 Å². The zero-order valence-corrected chi connectivity index (χ0v) is 9.61. The third-order valence-corrected chi connectivity index (χ3v) is 3.35. The fourth-order valence-corrected chi connectivity index (χ4v) is 2.29. The van der Waals surface area contributed by atoms with Crippen LogP contribution in [0.25, 0.3) is 0 Å². The minimum absolute atomic E-state index is 0.0771. The van der Waals surface area contributed by atoms with Gasteiger partial charge in [0.1, 0.15) is 11.0 Å². The van der Waals surface area contributed by atoms with Crippen molar-refractivity contribution >= 4 is 19.7 Å². The van der Waals surface area contributed by atoms with E-state index in [1.807, 2.05) is 0 Å². The number of rotatable bonds is 2. The lowest BCUT2D eigenvalue weighted by atomic mass is 10.1. The summed E-state index contributed by atoms with van der Waals surface area (Å²) in [5.41, 5.74) is -0.676. The van der Waals surface area contributed by atoms with Crippen molar-refractivity contribution in [1.82, 2.24) is 0 Å². The maximum Gasteiger partial charge on any atom is 0.264 e. The Bertz CT molecular complexity index is 564. The Morgan fingerprint density at radius 2 is 2.00 bits per heavy atom. The number of halogens is 3. The summed E-state index contributed by atoms with van der Waals surface area (Å²) in [4.78, 5) is -0.446. The molecule has 7 heteroatoms. The van der Waals surface area contributed by atoms with E-state index < -0.39 is 20.4 Å². The van der Waals surface area contributed by atoms with Crippen molar-refractivity contribution in [1.29, 1.82) is 5.26 Å². The molecule has 0 aromatic heterocycles. The second kappa shape index (κ2) is 4.36. The molecular formula is C9H6ClF2NO2S. The third-order valence-electron chi connectivity index (χ3n) is 1.99. The summed E-state index contributed by atoms with van der Waals surface area (Å²) in [6, 6.07) is 3.34. The SMILES string of the molecule is Cc1cc(S(=O)(=O)Cl)c(C#N)cc1C(F)F. The maximum absolute atomic E-state index is 12.5. The molecule has 0 spiro atoms. The highest BCUT2D eigenvalue weighted by Crippen LogP contribution is 2.29. The fraction of sp³-hybridized carbons (Fsp3) is 0.222. The molecule has 0 aliphatic heterocycles. The Labute approximate surface area is 95.7 Å². The molecular weight excluding hydrogens is 260 g/mol. The van der Waals surface area contributed by atoms with Gasteiger partial charge in [-0.15, -0.1) is 0 Å². The van der Waals surface area contributed by atoms with Gasteiger partial charge < -0.3 is 0 Å². The molecule has 3 nitrogen and oxygen atoms in total. The van der Waals surface area contributed by atoms with E-state index in [2.05, 4.69) is 0 Å². The van der Waals surface area contributed by atoms with Gasteiger partial charge >= 0.3 is 0 Å². The van der Waals surface area contributed by atoms with Gasteiger partial charge in [-0.3, -0.25) is 0 Å². The number of hydrogen-bond acceptors (Lipinski definition) is 3.